The first-order valence-electron chi connectivity index (χ1n) is 8.26. The molecule has 2 saturated carbocycles. The smallest absolute Gasteiger partial charge is 0.162 e. The molecule has 0 radical (unpaired) electrons. The molecule has 1 aromatic carbocycles. The normalized spacial score (nSPS) is 24.9. The predicted octanol–water partition coefficient (Wildman–Crippen LogP) is 4.64. The Bertz CT molecular complexity index is 538. The molecule has 0 saturated heterocycles. The van der Waals surface area contributed by atoms with Crippen molar-refractivity contribution in [2.75, 3.05) is 6.61 Å². The summed E-state index contributed by atoms with van der Waals surface area (Å²) in [5.74, 6) is 2.21. The predicted molar refractivity (Wildman–Crippen MR) is 85.3 cm³/mol. The average molecular weight is 284 g/mol. The maximum Gasteiger partial charge on any atom is 0.162 e. The molecule has 0 amide bonds. The van der Waals surface area contributed by atoms with E-state index in [2.05, 4.69) is 6.08 Å². The van der Waals surface area contributed by atoms with Crippen molar-refractivity contribution in [1.29, 1.82) is 0 Å². The van der Waals surface area contributed by atoms with Gasteiger partial charge in [0.1, 0.15) is 5.75 Å². The number of hydrogen-bond acceptors (Lipinski definition) is 2. The van der Waals surface area contributed by atoms with Crippen molar-refractivity contribution in [3.05, 3.63) is 35.4 Å². The molecule has 2 heteroatoms. The van der Waals surface area contributed by atoms with E-state index in [4.69, 9.17) is 4.74 Å². The van der Waals surface area contributed by atoms with E-state index in [1.165, 1.54) is 25.7 Å². The third kappa shape index (κ3) is 3.04. The van der Waals surface area contributed by atoms with E-state index < -0.39 is 0 Å². The van der Waals surface area contributed by atoms with Crippen LogP contribution in [0.4, 0.5) is 0 Å². The van der Waals surface area contributed by atoms with E-state index >= 15 is 0 Å². The molecule has 2 aliphatic carbocycles. The van der Waals surface area contributed by atoms with Crippen molar-refractivity contribution in [2.45, 2.75) is 45.4 Å². The van der Waals surface area contributed by atoms with Gasteiger partial charge in [-0.05, 0) is 56.2 Å². The maximum atomic E-state index is 12.7. The summed E-state index contributed by atoms with van der Waals surface area (Å²) in [6.07, 6.45) is 9.15. The number of rotatable bonds is 4. The van der Waals surface area contributed by atoms with Crippen LogP contribution >= 0.6 is 0 Å². The summed E-state index contributed by atoms with van der Waals surface area (Å²) in [5.41, 5.74) is 2.04. The van der Waals surface area contributed by atoms with E-state index in [0.717, 1.165) is 29.7 Å². The van der Waals surface area contributed by atoms with Crippen molar-refractivity contribution in [3.8, 4) is 5.75 Å². The van der Waals surface area contributed by atoms with Crippen LogP contribution in [0.1, 0.15) is 51.0 Å². The maximum absolute atomic E-state index is 12.7. The molecule has 2 nitrogen and oxygen atoms in total. The fraction of sp³-hybridized carbons (Fsp3) is 0.526. The molecule has 0 heterocycles. The van der Waals surface area contributed by atoms with E-state index in [1.54, 1.807) is 0 Å². The zero-order valence-electron chi connectivity index (χ0n) is 12.8. The second-order valence-electron chi connectivity index (χ2n) is 6.19. The molecule has 0 unspecified atom stereocenters. The number of hydrogen-bond donors (Lipinski definition) is 0. The fourth-order valence-corrected chi connectivity index (χ4v) is 3.83. The van der Waals surface area contributed by atoms with Crippen LogP contribution in [-0.4, -0.2) is 12.4 Å². The fourth-order valence-electron chi connectivity index (χ4n) is 3.83. The molecular weight excluding hydrogens is 260 g/mol. The minimum Gasteiger partial charge on any atom is -0.493 e. The number of Topliss-reactive ketones (excluding diaryl/α,β-unsaturated/α-hetero) is 1. The Morgan fingerprint density at radius 3 is 2.71 bits per heavy atom. The molecule has 2 aliphatic rings. The van der Waals surface area contributed by atoms with Gasteiger partial charge in [-0.1, -0.05) is 31.0 Å². The molecule has 112 valence electrons. The van der Waals surface area contributed by atoms with Crippen LogP contribution in [0.3, 0.4) is 0 Å². The third-order valence-electron chi connectivity index (χ3n) is 4.90. The SMILES string of the molecule is CCOc1ccccc1/C=C1\CC[C@@H](C2CCCC2)C1=O. The number of allylic oxidation sites excluding steroid dienone is 1. The molecule has 21 heavy (non-hydrogen) atoms. The largest absolute Gasteiger partial charge is 0.493 e. The van der Waals surface area contributed by atoms with Gasteiger partial charge < -0.3 is 4.74 Å². The Hall–Kier alpha value is -1.57. The van der Waals surface area contributed by atoms with Gasteiger partial charge in [0.2, 0.25) is 0 Å². The lowest BCUT2D eigenvalue weighted by molar-refractivity contribution is -0.119. The Balaban J connectivity index is 1.79. The van der Waals surface area contributed by atoms with Crippen LogP contribution in [-0.2, 0) is 4.79 Å². The van der Waals surface area contributed by atoms with Crippen molar-refractivity contribution < 1.29 is 9.53 Å². The van der Waals surface area contributed by atoms with E-state index in [0.29, 0.717) is 18.3 Å². The molecule has 0 aromatic heterocycles. The number of benzene rings is 1. The standard InChI is InChI=1S/C19H24O2/c1-2-21-18-10-6-5-9-15(18)13-16-11-12-17(19(16)20)14-7-3-4-8-14/h5-6,9-10,13-14,17H,2-4,7-8,11-12H2,1H3/b16-13+/t17-/m0/s1. The van der Waals surface area contributed by atoms with E-state index in [-0.39, 0.29) is 5.92 Å². The van der Waals surface area contributed by atoms with Crippen molar-refractivity contribution in [3.63, 3.8) is 0 Å². The van der Waals surface area contributed by atoms with Crippen molar-refractivity contribution in [1.82, 2.24) is 0 Å². The van der Waals surface area contributed by atoms with Crippen LogP contribution in [0.15, 0.2) is 29.8 Å². The zero-order chi connectivity index (χ0) is 14.7. The van der Waals surface area contributed by atoms with Gasteiger partial charge >= 0.3 is 0 Å². The highest BCUT2D eigenvalue weighted by molar-refractivity contribution is 6.03. The van der Waals surface area contributed by atoms with Gasteiger partial charge in [-0.3, -0.25) is 4.79 Å². The Morgan fingerprint density at radius 1 is 1.19 bits per heavy atom. The van der Waals surface area contributed by atoms with Crippen molar-refractivity contribution in [2.24, 2.45) is 11.8 Å². The van der Waals surface area contributed by atoms with Gasteiger partial charge in [-0.15, -0.1) is 0 Å². The summed E-state index contributed by atoms with van der Waals surface area (Å²) in [6, 6.07) is 7.99. The number of ether oxygens (including phenoxy) is 1. The molecule has 0 spiro atoms. The molecular formula is C19H24O2. The highest BCUT2D eigenvalue weighted by atomic mass is 16.5. The Labute approximate surface area is 127 Å². The van der Waals surface area contributed by atoms with E-state index in [1.807, 2.05) is 31.2 Å². The number of para-hydroxylation sites is 1. The minimum absolute atomic E-state index is 0.290. The summed E-state index contributed by atoms with van der Waals surface area (Å²) < 4.78 is 5.65. The van der Waals surface area contributed by atoms with Crippen molar-refractivity contribution >= 4 is 11.9 Å². The van der Waals surface area contributed by atoms with Crippen LogP contribution in [0, 0.1) is 11.8 Å². The summed E-state index contributed by atoms with van der Waals surface area (Å²) in [7, 11) is 0. The first-order chi connectivity index (χ1) is 10.3. The number of carbonyl (C=O) groups is 1. The Morgan fingerprint density at radius 2 is 1.95 bits per heavy atom. The first kappa shape index (κ1) is 14.4. The van der Waals surface area contributed by atoms with Gasteiger partial charge in [0.15, 0.2) is 5.78 Å². The first-order valence-corrected chi connectivity index (χ1v) is 8.26. The minimum atomic E-state index is 0.290. The lowest BCUT2D eigenvalue weighted by Crippen LogP contribution is -2.16. The van der Waals surface area contributed by atoms with E-state index in [9.17, 15) is 4.79 Å². The molecule has 1 atom stereocenters. The summed E-state index contributed by atoms with van der Waals surface area (Å²) >= 11 is 0. The molecule has 0 aliphatic heterocycles. The molecule has 1 aromatic rings. The van der Waals surface area contributed by atoms with Gasteiger partial charge in [0, 0.05) is 11.5 Å². The lowest BCUT2D eigenvalue weighted by atomic mass is 9.88. The van der Waals surface area contributed by atoms with Crippen LogP contribution in [0.2, 0.25) is 0 Å². The van der Waals surface area contributed by atoms with Crippen LogP contribution in [0.5, 0.6) is 5.75 Å². The van der Waals surface area contributed by atoms with Gasteiger partial charge in [-0.25, -0.2) is 0 Å². The number of ketones is 1. The molecule has 3 rings (SSSR count). The number of carbonyl (C=O) groups excluding carboxylic acids is 1. The summed E-state index contributed by atoms with van der Waals surface area (Å²) in [5, 5.41) is 0. The van der Waals surface area contributed by atoms with Gasteiger partial charge in [-0.2, -0.15) is 0 Å². The quantitative estimate of drug-likeness (QED) is 0.753. The highest BCUT2D eigenvalue weighted by Crippen LogP contribution is 2.41. The molecule has 2 fully saturated rings. The summed E-state index contributed by atoms with van der Waals surface area (Å²) in [4.78, 5) is 12.7. The zero-order valence-corrected chi connectivity index (χ0v) is 12.8. The highest BCUT2D eigenvalue weighted by Gasteiger charge is 2.36. The third-order valence-corrected chi connectivity index (χ3v) is 4.90. The van der Waals surface area contributed by atoms with Gasteiger partial charge in [0.05, 0.1) is 6.61 Å². The monoisotopic (exact) mass is 284 g/mol. The summed E-state index contributed by atoms with van der Waals surface area (Å²) in [6.45, 7) is 2.64. The van der Waals surface area contributed by atoms with Crippen LogP contribution < -0.4 is 4.74 Å². The topological polar surface area (TPSA) is 26.3 Å². The van der Waals surface area contributed by atoms with Gasteiger partial charge in [0.25, 0.3) is 0 Å². The molecule has 0 bridgehead atoms. The lowest BCUT2D eigenvalue weighted by Gasteiger charge is -2.15. The Kier molecular flexibility index (Phi) is 4.42. The second kappa shape index (κ2) is 6.46. The van der Waals surface area contributed by atoms with Crippen LogP contribution in [0.25, 0.3) is 6.08 Å². The average Bonchev–Trinajstić information content (AvgIpc) is 3.12. The second-order valence-corrected chi connectivity index (χ2v) is 6.19. The molecule has 0 N–H and O–H groups in total.